The van der Waals surface area contributed by atoms with Crippen molar-refractivity contribution in [2.75, 3.05) is 0 Å². The van der Waals surface area contributed by atoms with Crippen molar-refractivity contribution in [1.29, 1.82) is 0 Å². The predicted molar refractivity (Wildman–Crippen MR) is 82.8 cm³/mol. The summed E-state index contributed by atoms with van der Waals surface area (Å²) < 4.78 is 0. The minimum absolute atomic E-state index is 0.250. The number of amides is 1. The Balaban J connectivity index is 1.71. The van der Waals surface area contributed by atoms with Crippen molar-refractivity contribution in [3.8, 4) is 0 Å². The summed E-state index contributed by atoms with van der Waals surface area (Å²) in [5.41, 5.74) is 4.15. The lowest BCUT2D eigenvalue weighted by molar-refractivity contribution is 0.0950. The van der Waals surface area contributed by atoms with Crippen molar-refractivity contribution >= 4 is 5.91 Å². The van der Waals surface area contributed by atoms with E-state index in [0.717, 1.165) is 18.5 Å². The number of aromatic amines is 2. The summed E-state index contributed by atoms with van der Waals surface area (Å²) >= 11 is 0. The van der Waals surface area contributed by atoms with Gasteiger partial charge in [0.05, 0.1) is 12.2 Å². The van der Waals surface area contributed by atoms with Gasteiger partial charge >= 0.3 is 0 Å². The van der Waals surface area contributed by atoms with E-state index in [4.69, 9.17) is 0 Å². The summed E-state index contributed by atoms with van der Waals surface area (Å²) in [7, 11) is 0. The first-order chi connectivity index (χ1) is 10.6. The number of carbonyl (C=O) groups excluding carboxylic acids is 1. The molecular weight excluding hydrogens is 280 g/mol. The quantitative estimate of drug-likeness (QED) is 0.752. The summed E-state index contributed by atoms with van der Waals surface area (Å²) in [6, 6.07) is 2.98. The largest absolute Gasteiger partial charge is 0.346 e. The van der Waals surface area contributed by atoms with E-state index in [1.165, 1.54) is 36.6 Å². The average molecular weight is 300 g/mol. The molecule has 2 aromatic heterocycles. The number of aromatic nitrogens is 3. The van der Waals surface area contributed by atoms with Crippen LogP contribution in [0.15, 0.2) is 16.9 Å². The van der Waals surface area contributed by atoms with Crippen LogP contribution in [-0.2, 0) is 19.4 Å². The Kier molecular flexibility index (Phi) is 4.09. The zero-order chi connectivity index (χ0) is 15.5. The van der Waals surface area contributed by atoms with Crippen LogP contribution in [0.4, 0.5) is 0 Å². The number of hydrogen-bond donors (Lipinski definition) is 3. The van der Waals surface area contributed by atoms with Gasteiger partial charge in [0.15, 0.2) is 0 Å². The molecule has 0 unspecified atom stereocenters. The third-order valence-electron chi connectivity index (χ3n) is 4.05. The molecule has 22 heavy (non-hydrogen) atoms. The molecule has 0 saturated heterocycles. The second kappa shape index (κ2) is 6.17. The van der Waals surface area contributed by atoms with Crippen LogP contribution < -0.4 is 10.9 Å². The summed E-state index contributed by atoms with van der Waals surface area (Å²) in [4.78, 5) is 26.2. The maximum atomic E-state index is 12.2. The molecule has 6 nitrogen and oxygen atoms in total. The van der Waals surface area contributed by atoms with Gasteiger partial charge < -0.3 is 10.3 Å². The highest BCUT2D eigenvalue weighted by Crippen LogP contribution is 2.21. The summed E-state index contributed by atoms with van der Waals surface area (Å²) in [6.45, 7) is 2.14. The lowest BCUT2D eigenvalue weighted by atomic mass is 10.1. The molecule has 0 fully saturated rings. The predicted octanol–water partition coefficient (Wildman–Crippen LogP) is 1.61. The van der Waals surface area contributed by atoms with Crippen LogP contribution in [-0.4, -0.2) is 21.1 Å². The average Bonchev–Trinajstić information content (AvgIpc) is 2.71. The molecule has 0 radical (unpaired) electrons. The zero-order valence-corrected chi connectivity index (χ0v) is 12.7. The van der Waals surface area contributed by atoms with Crippen LogP contribution in [0.25, 0.3) is 0 Å². The van der Waals surface area contributed by atoms with E-state index < -0.39 is 0 Å². The fraction of sp³-hybridized carbons (Fsp3) is 0.438. The van der Waals surface area contributed by atoms with E-state index in [2.05, 4.69) is 20.5 Å². The Labute approximate surface area is 128 Å². The molecule has 2 heterocycles. The van der Waals surface area contributed by atoms with Crippen LogP contribution in [0.3, 0.4) is 0 Å². The molecule has 6 heteroatoms. The third-order valence-corrected chi connectivity index (χ3v) is 4.05. The number of nitrogens with one attached hydrogen (secondary N) is 3. The van der Waals surface area contributed by atoms with E-state index in [0.29, 0.717) is 17.8 Å². The molecule has 0 aliphatic heterocycles. The van der Waals surface area contributed by atoms with Crippen LogP contribution in [0, 0.1) is 6.92 Å². The van der Waals surface area contributed by atoms with Crippen LogP contribution >= 0.6 is 0 Å². The van der Waals surface area contributed by atoms with Crippen molar-refractivity contribution in [2.45, 2.75) is 45.6 Å². The van der Waals surface area contributed by atoms with Gasteiger partial charge in [0.1, 0.15) is 0 Å². The molecule has 0 bridgehead atoms. The molecule has 2 aromatic rings. The van der Waals surface area contributed by atoms with Crippen molar-refractivity contribution in [2.24, 2.45) is 0 Å². The smallest absolute Gasteiger partial charge is 0.251 e. The number of pyridine rings is 1. The first-order valence-corrected chi connectivity index (χ1v) is 7.67. The Bertz CT molecular complexity index is 745. The first-order valence-electron chi connectivity index (χ1n) is 7.67. The molecular formula is C16H20N4O2. The second-order valence-electron chi connectivity index (χ2n) is 5.79. The first kappa shape index (κ1) is 14.6. The lowest BCUT2D eigenvalue weighted by Crippen LogP contribution is -2.25. The number of rotatable bonds is 3. The van der Waals surface area contributed by atoms with Gasteiger partial charge in [0.25, 0.3) is 5.91 Å². The lowest BCUT2D eigenvalue weighted by Gasteiger charge is -2.06. The minimum Gasteiger partial charge on any atom is -0.346 e. The van der Waals surface area contributed by atoms with Crippen LogP contribution in [0.1, 0.15) is 52.3 Å². The van der Waals surface area contributed by atoms with Gasteiger partial charge in [-0.3, -0.25) is 14.7 Å². The Morgan fingerprint density at radius 3 is 2.91 bits per heavy atom. The van der Waals surface area contributed by atoms with Crippen molar-refractivity contribution in [3.63, 3.8) is 0 Å². The van der Waals surface area contributed by atoms with Gasteiger partial charge in [-0.25, -0.2) is 0 Å². The topological polar surface area (TPSA) is 90.6 Å². The van der Waals surface area contributed by atoms with Crippen molar-refractivity contribution in [1.82, 2.24) is 20.5 Å². The SMILES string of the molecule is Cc1cc(C(=O)NCc2n[nH]c3c2CCCCC3)cc(=O)[nH]1. The van der Waals surface area contributed by atoms with Crippen LogP contribution in [0.5, 0.6) is 0 Å². The van der Waals surface area contributed by atoms with Crippen LogP contribution in [0.2, 0.25) is 0 Å². The number of fused-ring (bicyclic) bond motifs is 1. The number of H-pyrrole nitrogens is 2. The zero-order valence-electron chi connectivity index (χ0n) is 12.7. The number of nitrogens with zero attached hydrogens (tertiary/aromatic N) is 1. The van der Waals surface area contributed by atoms with Gasteiger partial charge in [-0.2, -0.15) is 5.10 Å². The number of hydrogen-bond acceptors (Lipinski definition) is 3. The maximum Gasteiger partial charge on any atom is 0.251 e. The summed E-state index contributed by atoms with van der Waals surface area (Å²) in [5, 5.41) is 10.3. The van der Waals surface area contributed by atoms with Gasteiger partial charge in [-0.05, 0) is 44.2 Å². The molecule has 1 aliphatic carbocycles. The van der Waals surface area contributed by atoms with Crippen molar-refractivity contribution < 1.29 is 4.79 Å². The van der Waals surface area contributed by atoms with Gasteiger partial charge in [0, 0.05) is 23.0 Å². The fourth-order valence-electron chi connectivity index (χ4n) is 2.95. The Morgan fingerprint density at radius 1 is 1.27 bits per heavy atom. The highest BCUT2D eigenvalue weighted by atomic mass is 16.2. The summed E-state index contributed by atoms with van der Waals surface area (Å²) in [6.07, 6.45) is 5.64. The van der Waals surface area contributed by atoms with E-state index in [-0.39, 0.29) is 11.5 Å². The standard InChI is InChI=1S/C16H20N4O2/c1-10-7-11(8-15(21)18-10)16(22)17-9-14-12-5-3-2-4-6-13(12)19-20-14/h7-8H,2-6,9H2,1H3,(H,17,22)(H,18,21)(H,19,20). The summed E-state index contributed by atoms with van der Waals surface area (Å²) in [5.74, 6) is -0.250. The molecule has 116 valence electrons. The molecule has 3 N–H and O–H groups in total. The van der Waals surface area contributed by atoms with E-state index in [1.54, 1.807) is 13.0 Å². The molecule has 3 rings (SSSR count). The minimum atomic E-state index is -0.265. The molecule has 0 spiro atoms. The number of carbonyl (C=O) groups is 1. The molecule has 1 aliphatic rings. The molecule has 0 aromatic carbocycles. The Morgan fingerprint density at radius 2 is 2.09 bits per heavy atom. The highest BCUT2D eigenvalue weighted by Gasteiger charge is 2.16. The van der Waals surface area contributed by atoms with E-state index >= 15 is 0 Å². The molecule has 0 atom stereocenters. The van der Waals surface area contributed by atoms with Crippen molar-refractivity contribution in [3.05, 3.63) is 50.7 Å². The van der Waals surface area contributed by atoms with Gasteiger partial charge in [-0.1, -0.05) is 6.42 Å². The van der Waals surface area contributed by atoms with Gasteiger partial charge in [0.2, 0.25) is 5.56 Å². The monoisotopic (exact) mass is 300 g/mol. The van der Waals surface area contributed by atoms with E-state index in [9.17, 15) is 9.59 Å². The molecule has 0 saturated carbocycles. The third kappa shape index (κ3) is 3.10. The van der Waals surface area contributed by atoms with Gasteiger partial charge in [-0.15, -0.1) is 0 Å². The molecule has 1 amide bonds. The second-order valence-corrected chi connectivity index (χ2v) is 5.79. The Hall–Kier alpha value is -2.37. The number of aryl methyl sites for hydroxylation is 2. The van der Waals surface area contributed by atoms with E-state index in [1.807, 2.05) is 0 Å². The highest BCUT2D eigenvalue weighted by molar-refractivity contribution is 5.94. The maximum absolute atomic E-state index is 12.2. The normalized spacial score (nSPS) is 14.2. The fourth-order valence-corrected chi connectivity index (χ4v) is 2.95.